The van der Waals surface area contributed by atoms with Crippen LogP contribution in [0.1, 0.15) is 11.1 Å². The Labute approximate surface area is 146 Å². The zero-order valence-electron chi connectivity index (χ0n) is 12.9. The van der Waals surface area contributed by atoms with Crippen LogP contribution in [0.2, 0.25) is 0 Å². The first kappa shape index (κ1) is 18.5. The predicted octanol–water partition coefficient (Wildman–Crippen LogP) is 4.54. The Bertz CT molecular complexity index is 719. The van der Waals surface area contributed by atoms with Gasteiger partial charge >= 0.3 is 6.18 Å². The molecule has 0 heterocycles. The normalized spacial score (nSPS) is 11.6. The van der Waals surface area contributed by atoms with Crippen LogP contribution in [0.4, 0.5) is 18.9 Å². The van der Waals surface area contributed by atoms with Crippen LogP contribution in [0.5, 0.6) is 0 Å². The third kappa shape index (κ3) is 5.07. The Balaban J connectivity index is 2.00. The monoisotopic (exact) mass is 400 g/mol. The third-order valence-electron chi connectivity index (χ3n) is 3.32. The molecule has 0 aliphatic carbocycles. The number of benzene rings is 2. The van der Waals surface area contributed by atoms with Crippen molar-refractivity contribution in [2.45, 2.75) is 12.7 Å². The molecule has 128 valence electrons. The van der Waals surface area contributed by atoms with E-state index in [1.165, 1.54) is 18.2 Å². The number of likely N-dealkylation sites (N-methyl/N-ethyl adjacent to an activating group) is 1. The Morgan fingerprint density at radius 1 is 1.12 bits per heavy atom. The summed E-state index contributed by atoms with van der Waals surface area (Å²) in [6.45, 7) is 0.475. The Hall–Kier alpha value is -1.86. The van der Waals surface area contributed by atoms with Crippen LogP contribution in [-0.4, -0.2) is 24.4 Å². The Kier molecular flexibility index (Phi) is 6.01. The van der Waals surface area contributed by atoms with Crippen LogP contribution in [0.15, 0.2) is 53.0 Å². The van der Waals surface area contributed by atoms with Gasteiger partial charge in [0.15, 0.2) is 0 Å². The first-order chi connectivity index (χ1) is 11.3. The summed E-state index contributed by atoms with van der Waals surface area (Å²) in [7, 11) is 1.73. The number of nitrogens with one attached hydrogen (secondary N) is 1. The maximum Gasteiger partial charge on any atom is 0.418 e. The summed E-state index contributed by atoms with van der Waals surface area (Å²) in [5.41, 5.74) is -0.0976. The van der Waals surface area contributed by atoms with Gasteiger partial charge in [-0.2, -0.15) is 13.2 Å². The maximum atomic E-state index is 12.9. The van der Waals surface area contributed by atoms with Gasteiger partial charge in [-0.1, -0.05) is 46.3 Å². The topological polar surface area (TPSA) is 32.3 Å². The zero-order valence-corrected chi connectivity index (χ0v) is 14.5. The van der Waals surface area contributed by atoms with E-state index in [0.717, 1.165) is 16.1 Å². The lowest BCUT2D eigenvalue weighted by Gasteiger charge is -2.18. The molecule has 24 heavy (non-hydrogen) atoms. The van der Waals surface area contributed by atoms with Crippen molar-refractivity contribution in [1.82, 2.24) is 4.90 Å². The molecular weight excluding hydrogens is 385 g/mol. The molecule has 0 spiro atoms. The molecule has 2 rings (SSSR count). The quantitative estimate of drug-likeness (QED) is 0.798. The highest BCUT2D eigenvalue weighted by Crippen LogP contribution is 2.34. The van der Waals surface area contributed by atoms with Crippen molar-refractivity contribution in [2.75, 3.05) is 18.9 Å². The molecule has 0 unspecified atom stereocenters. The van der Waals surface area contributed by atoms with Gasteiger partial charge in [0.05, 0.1) is 17.8 Å². The number of para-hydroxylation sites is 1. The number of rotatable bonds is 5. The predicted molar refractivity (Wildman–Crippen MR) is 90.5 cm³/mol. The molecule has 0 aromatic heterocycles. The fraction of sp³-hybridized carbons (Fsp3) is 0.235. The number of amides is 1. The van der Waals surface area contributed by atoms with Gasteiger partial charge in [0, 0.05) is 11.0 Å². The SMILES string of the molecule is CN(CC(=O)Nc1ccccc1C(F)(F)F)Cc1ccccc1Br. The second-order valence-electron chi connectivity index (χ2n) is 5.36. The summed E-state index contributed by atoms with van der Waals surface area (Å²) < 4.78 is 39.7. The van der Waals surface area contributed by atoms with Crippen molar-refractivity contribution in [3.8, 4) is 0 Å². The van der Waals surface area contributed by atoms with Crippen molar-refractivity contribution >= 4 is 27.5 Å². The minimum atomic E-state index is -4.51. The number of carbonyl (C=O) groups excluding carboxylic acids is 1. The van der Waals surface area contributed by atoms with Crippen molar-refractivity contribution in [2.24, 2.45) is 0 Å². The molecule has 0 aliphatic heterocycles. The van der Waals surface area contributed by atoms with Gasteiger partial charge in [0.1, 0.15) is 0 Å². The molecule has 0 atom stereocenters. The van der Waals surface area contributed by atoms with Crippen molar-refractivity contribution in [1.29, 1.82) is 0 Å². The number of alkyl halides is 3. The summed E-state index contributed by atoms with van der Waals surface area (Å²) in [5, 5.41) is 2.34. The Morgan fingerprint density at radius 3 is 2.42 bits per heavy atom. The summed E-state index contributed by atoms with van der Waals surface area (Å²) in [6, 6.07) is 12.5. The van der Waals surface area contributed by atoms with E-state index >= 15 is 0 Å². The molecule has 1 N–H and O–H groups in total. The highest BCUT2D eigenvalue weighted by molar-refractivity contribution is 9.10. The van der Waals surface area contributed by atoms with Crippen LogP contribution in [0.25, 0.3) is 0 Å². The van der Waals surface area contributed by atoms with Crippen LogP contribution >= 0.6 is 15.9 Å². The van der Waals surface area contributed by atoms with Crippen molar-refractivity contribution in [3.63, 3.8) is 0 Å². The van der Waals surface area contributed by atoms with Crippen molar-refractivity contribution in [3.05, 3.63) is 64.1 Å². The smallest absolute Gasteiger partial charge is 0.324 e. The molecule has 7 heteroatoms. The van der Waals surface area contributed by atoms with Crippen molar-refractivity contribution < 1.29 is 18.0 Å². The lowest BCUT2D eigenvalue weighted by Crippen LogP contribution is -2.30. The van der Waals surface area contributed by atoms with Crippen LogP contribution in [-0.2, 0) is 17.5 Å². The molecule has 0 saturated heterocycles. The largest absolute Gasteiger partial charge is 0.418 e. The summed E-state index contributed by atoms with van der Waals surface area (Å²) in [5.74, 6) is -0.499. The average Bonchev–Trinajstić information content (AvgIpc) is 2.49. The van der Waals surface area contributed by atoms with Crippen LogP contribution in [0, 0.1) is 0 Å². The number of nitrogens with zero attached hydrogens (tertiary/aromatic N) is 1. The van der Waals surface area contributed by atoms with Gasteiger partial charge in [-0.25, -0.2) is 0 Å². The molecule has 2 aromatic carbocycles. The highest BCUT2D eigenvalue weighted by Gasteiger charge is 2.33. The lowest BCUT2D eigenvalue weighted by atomic mass is 10.1. The fourth-order valence-corrected chi connectivity index (χ4v) is 2.66. The van der Waals surface area contributed by atoms with E-state index < -0.39 is 17.6 Å². The van der Waals surface area contributed by atoms with E-state index in [1.807, 2.05) is 24.3 Å². The van der Waals surface area contributed by atoms with E-state index in [-0.39, 0.29) is 12.2 Å². The number of hydrogen-bond acceptors (Lipinski definition) is 2. The second kappa shape index (κ2) is 7.81. The number of hydrogen-bond donors (Lipinski definition) is 1. The first-order valence-corrected chi connectivity index (χ1v) is 7.94. The van der Waals surface area contributed by atoms with Gasteiger partial charge in [-0.05, 0) is 30.8 Å². The Morgan fingerprint density at radius 2 is 1.75 bits per heavy atom. The van der Waals surface area contributed by atoms with Gasteiger partial charge in [0.2, 0.25) is 5.91 Å². The molecule has 3 nitrogen and oxygen atoms in total. The third-order valence-corrected chi connectivity index (χ3v) is 4.09. The summed E-state index contributed by atoms with van der Waals surface area (Å²) in [4.78, 5) is 13.8. The first-order valence-electron chi connectivity index (χ1n) is 7.15. The van der Waals surface area contributed by atoms with Gasteiger partial charge < -0.3 is 5.32 Å². The van der Waals surface area contributed by atoms with E-state index in [1.54, 1.807) is 11.9 Å². The highest BCUT2D eigenvalue weighted by atomic mass is 79.9. The zero-order chi connectivity index (χ0) is 17.7. The van der Waals surface area contributed by atoms with E-state index in [9.17, 15) is 18.0 Å². The number of carbonyl (C=O) groups is 1. The number of anilines is 1. The molecule has 0 radical (unpaired) electrons. The fourth-order valence-electron chi connectivity index (χ4n) is 2.25. The minimum Gasteiger partial charge on any atom is -0.324 e. The molecule has 0 aliphatic rings. The van der Waals surface area contributed by atoms with E-state index in [4.69, 9.17) is 0 Å². The molecule has 0 bridgehead atoms. The van der Waals surface area contributed by atoms with Gasteiger partial charge in [-0.15, -0.1) is 0 Å². The maximum absolute atomic E-state index is 12.9. The van der Waals surface area contributed by atoms with Gasteiger partial charge in [0.25, 0.3) is 0 Å². The minimum absolute atomic E-state index is 0.0203. The number of halogens is 4. The standard InChI is InChI=1S/C17H16BrF3N2O/c1-23(10-12-6-2-4-8-14(12)18)11-16(24)22-15-9-5-3-7-13(15)17(19,20)21/h2-9H,10-11H2,1H3,(H,22,24). The molecule has 0 saturated carbocycles. The van der Waals surface area contributed by atoms with E-state index in [0.29, 0.717) is 6.54 Å². The van der Waals surface area contributed by atoms with Gasteiger partial charge in [-0.3, -0.25) is 9.69 Å². The molecule has 0 fully saturated rings. The summed E-state index contributed by atoms with van der Waals surface area (Å²) >= 11 is 3.42. The molecule has 1 amide bonds. The molecular formula is C17H16BrF3N2O. The summed E-state index contributed by atoms with van der Waals surface area (Å²) in [6.07, 6.45) is -4.51. The molecule has 2 aromatic rings. The van der Waals surface area contributed by atoms with E-state index in [2.05, 4.69) is 21.2 Å². The second-order valence-corrected chi connectivity index (χ2v) is 6.21. The van der Waals surface area contributed by atoms with Crippen LogP contribution < -0.4 is 5.32 Å². The lowest BCUT2D eigenvalue weighted by molar-refractivity contribution is -0.137. The van der Waals surface area contributed by atoms with Crippen LogP contribution in [0.3, 0.4) is 0 Å². The average molecular weight is 401 g/mol.